The van der Waals surface area contributed by atoms with E-state index in [1.54, 1.807) is 0 Å². The molecule has 1 aliphatic heterocycles. The molecule has 72 valence electrons. The van der Waals surface area contributed by atoms with Crippen LogP contribution in [0.3, 0.4) is 0 Å². The number of hydrazone groups is 1. The highest BCUT2D eigenvalue weighted by atomic mass is 16.2. The van der Waals surface area contributed by atoms with Crippen molar-refractivity contribution in [1.29, 1.82) is 0 Å². The van der Waals surface area contributed by atoms with Crippen molar-refractivity contribution in [3.63, 3.8) is 0 Å². The number of rotatable bonds is 1. The van der Waals surface area contributed by atoms with Crippen LogP contribution < -0.4 is 5.43 Å². The predicted octanol–water partition coefficient (Wildman–Crippen LogP) is 1.55. The van der Waals surface area contributed by atoms with Crippen LogP contribution in [0.5, 0.6) is 0 Å². The standard InChI is InChI=1S/C11H12N2O/c1-8-7-10(14)12-13-11(8)9-5-3-2-4-6-9/h2-6,8H,7H2,1H3,(H,12,14)/t8-/m1/s1. The van der Waals surface area contributed by atoms with Gasteiger partial charge in [-0.15, -0.1) is 0 Å². The SMILES string of the molecule is C[C@@H]1CC(=O)NN=C1c1ccccc1. The van der Waals surface area contributed by atoms with Gasteiger partial charge in [-0.3, -0.25) is 4.79 Å². The van der Waals surface area contributed by atoms with Crippen molar-refractivity contribution in [2.75, 3.05) is 0 Å². The van der Waals surface area contributed by atoms with Crippen molar-refractivity contribution in [3.8, 4) is 0 Å². The Balaban J connectivity index is 2.31. The first-order chi connectivity index (χ1) is 6.77. The molecule has 14 heavy (non-hydrogen) atoms. The number of benzene rings is 1. The van der Waals surface area contributed by atoms with E-state index < -0.39 is 0 Å². The van der Waals surface area contributed by atoms with Gasteiger partial charge in [0.1, 0.15) is 0 Å². The van der Waals surface area contributed by atoms with Crippen molar-refractivity contribution < 1.29 is 4.79 Å². The fourth-order valence-electron chi connectivity index (χ4n) is 1.61. The summed E-state index contributed by atoms with van der Waals surface area (Å²) in [6.07, 6.45) is 0.522. The van der Waals surface area contributed by atoms with E-state index in [2.05, 4.69) is 10.5 Å². The molecule has 1 heterocycles. The Morgan fingerprint density at radius 3 is 2.71 bits per heavy atom. The molecule has 2 rings (SSSR count). The fourth-order valence-corrected chi connectivity index (χ4v) is 1.61. The van der Waals surface area contributed by atoms with Crippen LogP contribution in [-0.4, -0.2) is 11.6 Å². The Morgan fingerprint density at radius 2 is 2.07 bits per heavy atom. The van der Waals surface area contributed by atoms with Crippen LogP contribution in [0.1, 0.15) is 18.9 Å². The highest BCUT2D eigenvalue weighted by Crippen LogP contribution is 2.15. The lowest BCUT2D eigenvalue weighted by molar-refractivity contribution is -0.121. The fraction of sp³-hybridized carbons (Fsp3) is 0.273. The maximum absolute atomic E-state index is 11.0. The summed E-state index contributed by atoms with van der Waals surface area (Å²) in [6, 6.07) is 9.93. The van der Waals surface area contributed by atoms with E-state index in [0.717, 1.165) is 11.3 Å². The molecule has 0 spiro atoms. The third-order valence-electron chi connectivity index (χ3n) is 2.33. The van der Waals surface area contributed by atoms with Gasteiger partial charge in [0, 0.05) is 12.3 Å². The van der Waals surface area contributed by atoms with Gasteiger partial charge in [0.2, 0.25) is 5.91 Å². The first-order valence-electron chi connectivity index (χ1n) is 4.69. The summed E-state index contributed by atoms with van der Waals surface area (Å²) in [5.41, 5.74) is 4.56. The third kappa shape index (κ3) is 1.66. The Labute approximate surface area is 82.8 Å². The van der Waals surface area contributed by atoms with E-state index in [4.69, 9.17) is 0 Å². The van der Waals surface area contributed by atoms with E-state index >= 15 is 0 Å². The average molecular weight is 188 g/mol. The van der Waals surface area contributed by atoms with Crippen LogP contribution in [0.15, 0.2) is 35.4 Å². The molecule has 0 aromatic heterocycles. The molecule has 0 aliphatic carbocycles. The van der Waals surface area contributed by atoms with Gasteiger partial charge in [0.05, 0.1) is 5.71 Å². The number of nitrogens with zero attached hydrogens (tertiary/aromatic N) is 1. The number of nitrogens with one attached hydrogen (secondary N) is 1. The van der Waals surface area contributed by atoms with Gasteiger partial charge in [0.15, 0.2) is 0 Å². The average Bonchev–Trinajstić information content (AvgIpc) is 2.19. The highest BCUT2D eigenvalue weighted by molar-refractivity contribution is 6.05. The molecule has 3 nitrogen and oxygen atoms in total. The summed E-state index contributed by atoms with van der Waals surface area (Å²) in [5, 5.41) is 4.08. The zero-order chi connectivity index (χ0) is 9.97. The van der Waals surface area contributed by atoms with Gasteiger partial charge in [-0.25, -0.2) is 5.43 Å². The van der Waals surface area contributed by atoms with Crippen molar-refractivity contribution in [3.05, 3.63) is 35.9 Å². The Morgan fingerprint density at radius 1 is 1.36 bits per heavy atom. The lowest BCUT2D eigenvalue weighted by Gasteiger charge is -2.18. The van der Waals surface area contributed by atoms with E-state index in [1.165, 1.54) is 0 Å². The van der Waals surface area contributed by atoms with Crippen molar-refractivity contribution >= 4 is 11.6 Å². The molecule has 1 amide bonds. The van der Waals surface area contributed by atoms with Crippen LogP contribution in [0, 0.1) is 5.92 Å². The first kappa shape index (κ1) is 8.94. The van der Waals surface area contributed by atoms with Crippen molar-refractivity contribution in [2.45, 2.75) is 13.3 Å². The van der Waals surface area contributed by atoms with Crippen molar-refractivity contribution in [2.24, 2.45) is 11.0 Å². The topological polar surface area (TPSA) is 41.5 Å². The van der Waals surface area contributed by atoms with E-state index in [9.17, 15) is 4.79 Å². The molecule has 1 N–H and O–H groups in total. The number of carbonyl (C=O) groups excluding carboxylic acids is 1. The largest absolute Gasteiger partial charge is 0.273 e. The van der Waals surface area contributed by atoms with Gasteiger partial charge < -0.3 is 0 Å². The van der Waals surface area contributed by atoms with Crippen LogP contribution >= 0.6 is 0 Å². The minimum atomic E-state index is -0.00261. The summed E-state index contributed by atoms with van der Waals surface area (Å²) < 4.78 is 0. The zero-order valence-corrected chi connectivity index (χ0v) is 8.03. The number of hydrogen-bond donors (Lipinski definition) is 1. The van der Waals surface area contributed by atoms with Gasteiger partial charge in [0.25, 0.3) is 0 Å². The van der Waals surface area contributed by atoms with E-state index in [-0.39, 0.29) is 11.8 Å². The lowest BCUT2D eigenvalue weighted by atomic mass is 9.94. The first-order valence-corrected chi connectivity index (χ1v) is 4.69. The Hall–Kier alpha value is -1.64. The summed E-state index contributed by atoms with van der Waals surface area (Å²) in [4.78, 5) is 11.0. The molecule has 1 aromatic rings. The summed E-state index contributed by atoms with van der Waals surface area (Å²) >= 11 is 0. The maximum Gasteiger partial charge on any atom is 0.240 e. The molecule has 0 saturated heterocycles. The second-order valence-corrected chi connectivity index (χ2v) is 3.50. The Bertz CT molecular complexity index is 370. The highest BCUT2D eigenvalue weighted by Gasteiger charge is 2.20. The molecule has 1 atom stereocenters. The van der Waals surface area contributed by atoms with Gasteiger partial charge in [-0.1, -0.05) is 37.3 Å². The van der Waals surface area contributed by atoms with Gasteiger partial charge >= 0.3 is 0 Å². The lowest BCUT2D eigenvalue weighted by Crippen LogP contribution is -2.31. The molecule has 0 fully saturated rings. The third-order valence-corrected chi connectivity index (χ3v) is 2.33. The van der Waals surface area contributed by atoms with E-state index in [0.29, 0.717) is 6.42 Å². The molecule has 0 unspecified atom stereocenters. The zero-order valence-electron chi connectivity index (χ0n) is 8.03. The summed E-state index contributed by atoms with van der Waals surface area (Å²) in [7, 11) is 0. The molecule has 0 bridgehead atoms. The van der Waals surface area contributed by atoms with Gasteiger partial charge in [-0.2, -0.15) is 5.10 Å². The smallest absolute Gasteiger partial charge is 0.240 e. The number of carbonyl (C=O) groups is 1. The Kier molecular flexibility index (Phi) is 2.31. The minimum Gasteiger partial charge on any atom is -0.273 e. The molecule has 3 heteroatoms. The van der Waals surface area contributed by atoms with Crippen molar-refractivity contribution in [1.82, 2.24) is 5.43 Å². The minimum absolute atomic E-state index is 0.00261. The molecule has 0 saturated carbocycles. The monoisotopic (exact) mass is 188 g/mol. The van der Waals surface area contributed by atoms with Gasteiger partial charge in [-0.05, 0) is 5.56 Å². The molecule has 0 radical (unpaired) electrons. The summed E-state index contributed by atoms with van der Waals surface area (Å²) in [6.45, 7) is 2.02. The second kappa shape index (κ2) is 3.62. The number of amides is 1. The van der Waals surface area contributed by atoms with E-state index in [1.807, 2.05) is 37.3 Å². The normalized spacial score (nSPS) is 21.4. The molecular formula is C11H12N2O. The quantitative estimate of drug-likeness (QED) is 0.713. The maximum atomic E-state index is 11.0. The summed E-state index contributed by atoms with van der Waals surface area (Å²) in [5.74, 6) is 0.198. The van der Waals surface area contributed by atoms with Crippen LogP contribution in [0.25, 0.3) is 0 Å². The van der Waals surface area contributed by atoms with Crippen LogP contribution in [-0.2, 0) is 4.79 Å². The molecule has 1 aliphatic rings. The number of hydrogen-bond acceptors (Lipinski definition) is 2. The second-order valence-electron chi connectivity index (χ2n) is 3.50. The predicted molar refractivity (Wildman–Crippen MR) is 54.9 cm³/mol. The van der Waals surface area contributed by atoms with Crippen LogP contribution in [0.4, 0.5) is 0 Å². The molecule has 1 aromatic carbocycles. The molecular weight excluding hydrogens is 176 g/mol. The van der Waals surface area contributed by atoms with Crippen LogP contribution in [0.2, 0.25) is 0 Å².